The smallest absolute Gasteiger partial charge is 0.267 e. The number of ether oxygens (including phenoxy) is 1. The number of piperidine rings is 1. The second-order valence-electron chi connectivity index (χ2n) is 9.29. The summed E-state index contributed by atoms with van der Waals surface area (Å²) in [5, 5.41) is 13.1. The molecule has 2 aliphatic heterocycles. The summed E-state index contributed by atoms with van der Waals surface area (Å²) >= 11 is 0. The van der Waals surface area contributed by atoms with Crippen LogP contribution in [0.2, 0.25) is 0 Å². The van der Waals surface area contributed by atoms with E-state index in [0.717, 1.165) is 43.9 Å². The number of carbonyl (C=O) groups excluding carboxylic acids is 1. The summed E-state index contributed by atoms with van der Waals surface area (Å²) in [5.41, 5.74) is 1.18. The first kappa shape index (κ1) is 26.6. The van der Waals surface area contributed by atoms with Crippen molar-refractivity contribution in [3.63, 3.8) is 0 Å². The van der Waals surface area contributed by atoms with Gasteiger partial charge < -0.3 is 25.7 Å². The molecule has 2 aromatic carbocycles. The molecule has 0 radical (unpaired) electrons. The largest absolute Gasteiger partial charge is 0.452 e. The van der Waals surface area contributed by atoms with Gasteiger partial charge in [-0.1, -0.05) is 0 Å². The summed E-state index contributed by atoms with van der Waals surface area (Å²) in [7, 11) is 0. The fourth-order valence-corrected chi connectivity index (χ4v) is 4.56. The number of carbonyl (C=O) groups is 1. The van der Waals surface area contributed by atoms with Gasteiger partial charge in [-0.3, -0.25) is 14.2 Å². The van der Waals surface area contributed by atoms with Gasteiger partial charge in [0.05, 0.1) is 11.4 Å². The molecule has 8 nitrogen and oxygen atoms in total. The molecule has 10 heteroatoms. The number of aromatic nitrogens is 1. The fraction of sp³-hybridized carbons (Fsp3) is 0.167. The summed E-state index contributed by atoms with van der Waals surface area (Å²) in [4.78, 5) is 28.0. The summed E-state index contributed by atoms with van der Waals surface area (Å²) < 4.78 is 35.5. The second-order valence-corrected chi connectivity index (χ2v) is 9.29. The van der Waals surface area contributed by atoms with Crippen LogP contribution in [0.1, 0.15) is 29.6 Å². The molecule has 204 valence electrons. The number of amides is 1. The number of likely N-dealkylation sites (tertiary alicyclic amines) is 1. The molecule has 0 bridgehead atoms. The predicted molar refractivity (Wildman–Crippen MR) is 149 cm³/mol. The fourth-order valence-electron chi connectivity index (χ4n) is 4.56. The van der Waals surface area contributed by atoms with Gasteiger partial charge in [0.2, 0.25) is 0 Å². The number of anilines is 1. The molecule has 0 aliphatic carbocycles. The van der Waals surface area contributed by atoms with Crippen LogP contribution in [0.5, 0.6) is 5.75 Å². The number of hydrogen-bond acceptors (Lipinski definition) is 6. The second kappa shape index (κ2) is 11.8. The number of pyridine rings is 1. The Balaban J connectivity index is 1.33. The molecule has 3 N–H and O–H groups in total. The van der Waals surface area contributed by atoms with Gasteiger partial charge in [0.1, 0.15) is 11.4 Å². The normalized spacial score (nSPS) is 16.1. The van der Waals surface area contributed by atoms with E-state index in [0.29, 0.717) is 17.1 Å². The minimum atomic E-state index is -0.723. The molecule has 1 saturated heterocycles. The first-order valence-corrected chi connectivity index (χ1v) is 12.8. The molecule has 1 aromatic heterocycles. The SMILES string of the molecule is N=C/C=C1\NC=C(N2CCCCC2)C=C1Oc1ccc(NC(=O)c2cccn(-c3ccc(F)cc3)c2=O)cc1F. The topological polar surface area (TPSA) is 99.5 Å². The monoisotopic (exact) mass is 543 g/mol. The van der Waals surface area contributed by atoms with Crippen LogP contribution in [0.3, 0.4) is 0 Å². The summed E-state index contributed by atoms with van der Waals surface area (Å²) in [5.74, 6) is -1.61. The van der Waals surface area contributed by atoms with Crippen LogP contribution >= 0.6 is 0 Å². The number of allylic oxidation sites excluding steroid dienone is 2. The molecule has 3 aromatic rings. The van der Waals surface area contributed by atoms with E-state index in [1.807, 2.05) is 12.3 Å². The van der Waals surface area contributed by atoms with Gasteiger partial charge in [-0.25, -0.2) is 8.78 Å². The number of halogens is 2. The number of dihydropyridines is 1. The number of rotatable bonds is 7. The minimum Gasteiger partial charge on any atom is -0.452 e. The van der Waals surface area contributed by atoms with Crippen LogP contribution in [-0.2, 0) is 0 Å². The standard InChI is InChI=1S/C30H27F2N5O3/c31-20-6-9-22(10-7-20)37-16-4-5-24(30(37)39)29(38)35-21-8-11-27(25(32)17-21)40-28-18-23(19-34-26(28)12-13-33)36-14-2-1-3-15-36/h4-13,16-19,33-34H,1-3,14-15H2,(H,35,38)/b26-12-,33-13?. The van der Waals surface area contributed by atoms with Gasteiger partial charge in [-0.15, -0.1) is 0 Å². The lowest BCUT2D eigenvalue weighted by Crippen LogP contribution is -2.31. The Morgan fingerprint density at radius 3 is 2.55 bits per heavy atom. The summed E-state index contributed by atoms with van der Waals surface area (Å²) in [6.45, 7) is 1.83. The van der Waals surface area contributed by atoms with E-state index < -0.39 is 23.1 Å². The van der Waals surface area contributed by atoms with Crippen molar-refractivity contribution >= 4 is 17.8 Å². The van der Waals surface area contributed by atoms with Crippen molar-refractivity contribution in [3.05, 3.63) is 124 Å². The van der Waals surface area contributed by atoms with Crippen molar-refractivity contribution in [2.45, 2.75) is 19.3 Å². The van der Waals surface area contributed by atoms with E-state index in [1.54, 1.807) is 0 Å². The summed E-state index contributed by atoms with van der Waals surface area (Å²) in [6, 6.07) is 12.1. The average Bonchev–Trinajstić information content (AvgIpc) is 2.96. The van der Waals surface area contributed by atoms with Gasteiger partial charge in [0.15, 0.2) is 17.3 Å². The highest BCUT2D eigenvalue weighted by molar-refractivity contribution is 6.04. The van der Waals surface area contributed by atoms with Crippen LogP contribution < -0.4 is 20.9 Å². The van der Waals surface area contributed by atoms with Crippen LogP contribution in [-0.4, -0.2) is 34.7 Å². The zero-order valence-electron chi connectivity index (χ0n) is 21.5. The number of nitrogens with one attached hydrogen (secondary N) is 3. The molecule has 1 fully saturated rings. The third-order valence-corrected chi connectivity index (χ3v) is 6.60. The van der Waals surface area contributed by atoms with Crippen LogP contribution in [0, 0.1) is 17.0 Å². The van der Waals surface area contributed by atoms with E-state index in [1.165, 1.54) is 71.8 Å². The molecule has 0 unspecified atom stereocenters. The average molecular weight is 544 g/mol. The van der Waals surface area contributed by atoms with E-state index in [-0.39, 0.29) is 17.0 Å². The highest BCUT2D eigenvalue weighted by Crippen LogP contribution is 2.28. The molecule has 0 spiro atoms. The number of benzene rings is 2. The molecule has 2 aliphatic rings. The van der Waals surface area contributed by atoms with Gasteiger partial charge in [-0.05, 0) is 73.9 Å². The van der Waals surface area contributed by atoms with Crippen LogP contribution in [0.15, 0.2) is 101 Å². The number of nitrogens with zero attached hydrogens (tertiary/aromatic N) is 2. The predicted octanol–water partition coefficient (Wildman–Crippen LogP) is 5.09. The lowest BCUT2D eigenvalue weighted by molar-refractivity contribution is 0.102. The Labute approximate surface area is 229 Å². The van der Waals surface area contributed by atoms with Crippen molar-refractivity contribution in [1.29, 1.82) is 5.41 Å². The first-order chi connectivity index (χ1) is 19.4. The third-order valence-electron chi connectivity index (χ3n) is 6.60. The summed E-state index contributed by atoms with van der Waals surface area (Å²) in [6.07, 6.45) is 11.1. The maximum atomic E-state index is 15.1. The quantitative estimate of drug-likeness (QED) is 0.361. The maximum Gasteiger partial charge on any atom is 0.267 e. The highest BCUT2D eigenvalue weighted by Gasteiger charge is 2.20. The van der Waals surface area contributed by atoms with Crippen molar-refractivity contribution in [2.24, 2.45) is 0 Å². The lowest BCUT2D eigenvalue weighted by Gasteiger charge is -2.32. The van der Waals surface area contributed by atoms with Gasteiger partial charge in [0, 0.05) is 55.2 Å². The Morgan fingerprint density at radius 1 is 1.05 bits per heavy atom. The van der Waals surface area contributed by atoms with E-state index in [9.17, 15) is 14.0 Å². The van der Waals surface area contributed by atoms with Crippen LogP contribution in [0.25, 0.3) is 5.69 Å². The molecular weight excluding hydrogens is 516 g/mol. The zero-order chi connectivity index (χ0) is 28.1. The molecule has 40 heavy (non-hydrogen) atoms. The molecule has 1 amide bonds. The molecule has 0 saturated carbocycles. The van der Waals surface area contributed by atoms with E-state index in [4.69, 9.17) is 10.1 Å². The van der Waals surface area contributed by atoms with Crippen molar-refractivity contribution in [2.75, 3.05) is 18.4 Å². The zero-order valence-corrected chi connectivity index (χ0v) is 21.5. The van der Waals surface area contributed by atoms with Crippen molar-refractivity contribution in [3.8, 4) is 11.4 Å². The van der Waals surface area contributed by atoms with Gasteiger partial charge in [0.25, 0.3) is 11.5 Å². The van der Waals surface area contributed by atoms with Crippen molar-refractivity contribution < 1.29 is 18.3 Å². The third kappa shape index (κ3) is 5.85. The Morgan fingerprint density at radius 2 is 1.82 bits per heavy atom. The van der Waals surface area contributed by atoms with Crippen molar-refractivity contribution in [1.82, 2.24) is 14.8 Å². The van der Waals surface area contributed by atoms with Gasteiger partial charge >= 0.3 is 0 Å². The Hall–Kier alpha value is -4.99. The highest BCUT2D eigenvalue weighted by atomic mass is 19.1. The lowest BCUT2D eigenvalue weighted by atomic mass is 10.1. The molecule has 3 heterocycles. The molecule has 0 atom stereocenters. The van der Waals surface area contributed by atoms with E-state index >= 15 is 4.39 Å². The molecular formula is C30H27F2N5O3. The Bertz CT molecular complexity index is 1590. The number of hydrogen-bond donors (Lipinski definition) is 3. The van der Waals surface area contributed by atoms with Crippen LogP contribution in [0.4, 0.5) is 14.5 Å². The molecule has 5 rings (SSSR count). The Kier molecular flexibility index (Phi) is 7.86. The van der Waals surface area contributed by atoms with E-state index in [2.05, 4.69) is 15.5 Å². The first-order valence-electron chi connectivity index (χ1n) is 12.8. The maximum absolute atomic E-state index is 15.1. The van der Waals surface area contributed by atoms with Gasteiger partial charge in [-0.2, -0.15) is 0 Å². The minimum absolute atomic E-state index is 0.0693.